The van der Waals surface area contributed by atoms with E-state index in [0.29, 0.717) is 30.5 Å². The topological polar surface area (TPSA) is 88.9 Å². The molecule has 0 saturated carbocycles. The highest BCUT2D eigenvalue weighted by Gasteiger charge is 2.14. The van der Waals surface area contributed by atoms with Gasteiger partial charge >= 0.3 is 0 Å². The van der Waals surface area contributed by atoms with Gasteiger partial charge in [0.25, 0.3) is 0 Å². The molecule has 1 aromatic heterocycles. The second-order valence-corrected chi connectivity index (χ2v) is 7.23. The molecule has 3 aromatic rings. The van der Waals surface area contributed by atoms with Gasteiger partial charge in [0.05, 0.1) is 18.7 Å². The third-order valence-electron chi connectivity index (χ3n) is 4.15. The Hall–Kier alpha value is -3.13. The van der Waals surface area contributed by atoms with Gasteiger partial charge in [-0.25, -0.2) is 0 Å². The fraction of sp³-hybridized carbons (Fsp3) is 0.238. The third-order valence-corrected chi connectivity index (χ3v) is 5.12. The van der Waals surface area contributed by atoms with Gasteiger partial charge in [0.15, 0.2) is 11.0 Å². The second kappa shape index (κ2) is 10.4. The average Bonchev–Trinajstić information content (AvgIpc) is 3.14. The maximum absolute atomic E-state index is 12.2. The predicted octanol–water partition coefficient (Wildman–Crippen LogP) is 2.89. The second-order valence-electron chi connectivity index (χ2n) is 6.29. The molecule has 2 aromatic carbocycles. The molecule has 2 amide bonds. The molecule has 150 valence electrons. The molecule has 7 nitrogen and oxygen atoms in total. The number of anilines is 1. The molecule has 29 heavy (non-hydrogen) atoms. The van der Waals surface area contributed by atoms with Crippen LogP contribution < -0.4 is 10.6 Å². The number of hydrogen-bond acceptors (Lipinski definition) is 5. The lowest BCUT2D eigenvalue weighted by Gasteiger charge is -2.09. The minimum Gasteiger partial charge on any atom is -0.349 e. The number of rotatable bonds is 9. The number of para-hydroxylation sites is 1. The van der Waals surface area contributed by atoms with Crippen LogP contribution in [0.15, 0.2) is 65.8 Å². The van der Waals surface area contributed by atoms with Gasteiger partial charge < -0.3 is 15.2 Å². The van der Waals surface area contributed by atoms with Crippen molar-refractivity contribution in [2.45, 2.75) is 31.6 Å². The van der Waals surface area contributed by atoms with Crippen LogP contribution in [-0.4, -0.2) is 32.3 Å². The van der Waals surface area contributed by atoms with Crippen molar-refractivity contribution >= 4 is 29.3 Å². The molecular formula is C21H23N5O2S. The predicted molar refractivity (Wildman–Crippen MR) is 113 cm³/mol. The molecule has 0 spiro atoms. The van der Waals surface area contributed by atoms with E-state index in [9.17, 15) is 9.59 Å². The van der Waals surface area contributed by atoms with Crippen LogP contribution in [0.25, 0.3) is 0 Å². The number of nitrogens with one attached hydrogen (secondary N) is 2. The molecule has 1 heterocycles. The summed E-state index contributed by atoms with van der Waals surface area (Å²) in [6.45, 7) is 2.93. The molecule has 0 saturated heterocycles. The lowest BCUT2D eigenvalue weighted by atomic mass is 10.1. The van der Waals surface area contributed by atoms with Crippen LogP contribution in [0, 0.1) is 0 Å². The van der Waals surface area contributed by atoms with Gasteiger partial charge in [-0.2, -0.15) is 0 Å². The fourth-order valence-corrected chi connectivity index (χ4v) is 3.57. The Kier molecular flexibility index (Phi) is 7.40. The van der Waals surface area contributed by atoms with E-state index in [1.165, 1.54) is 11.8 Å². The molecule has 2 N–H and O–H groups in total. The Morgan fingerprint density at radius 1 is 0.966 bits per heavy atom. The Morgan fingerprint density at radius 2 is 1.66 bits per heavy atom. The van der Waals surface area contributed by atoms with E-state index in [2.05, 4.69) is 20.8 Å². The fourth-order valence-electron chi connectivity index (χ4n) is 2.74. The Bertz CT molecular complexity index is 869. The quantitative estimate of drug-likeness (QED) is 0.531. The van der Waals surface area contributed by atoms with Crippen LogP contribution in [0.1, 0.15) is 18.3 Å². The first-order chi connectivity index (χ1) is 14.2. The van der Waals surface area contributed by atoms with Crippen molar-refractivity contribution in [3.05, 3.63) is 72.1 Å². The van der Waals surface area contributed by atoms with Gasteiger partial charge in [-0.05, 0) is 24.6 Å². The molecule has 0 radical (unpaired) electrons. The van der Waals surface area contributed by atoms with E-state index in [1.807, 2.05) is 72.2 Å². The number of amides is 2. The van der Waals surface area contributed by atoms with Crippen LogP contribution in [0.4, 0.5) is 5.69 Å². The normalized spacial score (nSPS) is 10.5. The van der Waals surface area contributed by atoms with Crippen molar-refractivity contribution in [1.82, 2.24) is 20.1 Å². The number of hydrogen-bond donors (Lipinski definition) is 2. The van der Waals surface area contributed by atoms with Gasteiger partial charge in [-0.15, -0.1) is 10.2 Å². The summed E-state index contributed by atoms with van der Waals surface area (Å²) in [6.07, 6.45) is 0.322. The summed E-state index contributed by atoms with van der Waals surface area (Å²) in [5.41, 5.74) is 1.72. The molecule has 0 aliphatic heterocycles. The van der Waals surface area contributed by atoms with Crippen LogP contribution in [0.3, 0.4) is 0 Å². The summed E-state index contributed by atoms with van der Waals surface area (Å²) in [5, 5.41) is 14.7. The molecule has 0 atom stereocenters. The van der Waals surface area contributed by atoms with Gasteiger partial charge in [0.2, 0.25) is 11.8 Å². The van der Waals surface area contributed by atoms with Crippen LogP contribution in [0.5, 0.6) is 0 Å². The Balaban J connectivity index is 1.51. The smallest absolute Gasteiger partial charge is 0.234 e. The maximum Gasteiger partial charge on any atom is 0.234 e. The number of benzene rings is 2. The highest BCUT2D eigenvalue weighted by Crippen LogP contribution is 2.17. The molecule has 0 aliphatic rings. The lowest BCUT2D eigenvalue weighted by Crippen LogP contribution is -2.26. The largest absolute Gasteiger partial charge is 0.349 e. The highest BCUT2D eigenvalue weighted by molar-refractivity contribution is 7.99. The number of carbonyl (C=O) groups is 2. The zero-order valence-corrected chi connectivity index (χ0v) is 17.0. The van der Waals surface area contributed by atoms with Crippen molar-refractivity contribution in [2.75, 3.05) is 11.1 Å². The molecule has 8 heteroatoms. The summed E-state index contributed by atoms with van der Waals surface area (Å²) in [5.74, 6) is 0.718. The summed E-state index contributed by atoms with van der Waals surface area (Å²) < 4.78 is 1.91. The summed E-state index contributed by atoms with van der Waals surface area (Å²) >= 11 is 1.32. The van der Waals surface area contributed by atoms with Crippen molar-refractivity contribution in [3.63, 3.8) is 0 Å². The van der Waals surface area contributed by atoms with Crippen molar-refractivity contribution in [2.24, 2.45) is 0 Å². The van der Waals surface area contributed by atoms with E-state index >= 15 is 0 Å². The third kappa shape index (κ3) is 6.18. The zero-order valence-electron chi connectivity index (χ0n) is 16.2. The number of nitrogens with zero attached hydrogens (tertiary/aromatic N) is 3. The first-order valence-electron chi connectivity index (χ1n) is 9.36. The van der Waals surface area contributed by atoms with Gasteiger partial charge in [0, 0.05) is 12.2 Å². The average molecular weight is 410 g/mol. The summed E-state index contributed by atoms with van der Waals surface area (Å²) in [6, 6.07) is 18.9. The first-order valence-corrected chi connectivity index (χ1v) is 10.3. The molecular weight excluding hydrogens is 386 g/mol. The zero-order chi connectivity index (χ0) is 20.5. The minimum atomic E-state index is -0.107. The SMILES string of the molecule is CCn1c(CNC(=O)Cc2ccccc2)nnc1SCC(=O)Nc1ccccc1. The Labute approximate surface area is 173 Å². The first kappa shape index (κ1) is 20.6. The monoisotopic (exact) mass is 409 g/mol. The number of thioether (sulfide) groups is 1. The molecule has 0 unspecified atom stereocenters. The number of aromatic nitrogens is 3. The Morgan fingerprint density at radius 3 is 2.34 bits per heavy atom. The van der Waals surface area contributed by atoms with Crippen LogP contribution in [0.2, 0.25) is 0 Å². The number of carbonyl (C=O) groups excluding carboxylic acids is 2. The molecule has 0 fully saturated rings. The van der Waals surface area contributed by atoms with Crippen molar-refractivity contribution in [3.8, 4) is 0 Å². The van der Waals surface area contributed by atoms with Crippen LogP contribution >= 0.6 is 11.8 Å². The van der Waals surface area contributed by atoms with E-state index in [0.717, 1.165) is 11.3 Å². The lowest BCUT2D eigenvalue weighted by molar-refractivity contribution is -0.120. The van der Waals surface area contributed by atoms with Gasteiger partial charge in [0.1, 0.15) is 0 Å². The molecule has 0 bridgehead atoms. The highest BCUT2D eigenvalue weighted by atomic mass is 32.2. The van der Waals surface area contributed by atoms with E-state index in [-0.39, 0.29) is 17.6 Å². The standard InChI is InChI=1S/C21H23N5O2S/c1-2-26-18(14-22-19(27)13-16-9-5-3-6-10-16)24-25-21(26)29-15-20(28)23-17-11-7-4-8-12-17/h3-12H,2,13-15H2,1H3,(H,22,27)(H,23,28). The van der Waals surface area contributed by atoms with Gasteiger partial charge in [-0.3, -0.25) is 9.59 Å². The van der Waals surface area contributed by atoms with E-state index < -0.39 is 0 Å². The maximum atomic E-state index is 12.2. The van der Waals surface area contributed by atoms with Crippen molar-refractivity contribution in [1.29, 1.82) is 0 Å². The molecule has 3 rings (SSSR count). The molecule has 0 aliphatic carbocycles. The van der Waals surface area contributed by atoms with Crippen LogP contribution in [-0.2, 0) is 29.1 Å². The van der Waals surface area contributed by atoms with Crippen molar-refractivity contribution < 1.29 is 9.59 Å². The van der Waals surface area contributed by atoms with E-state index in [1.54, 1.807) is 0 Å². The minimum absolute atomic E-state index is 0.0710. The summed E-state index contributed by atoms with van der Waals surface area (Å²) in [4.78, 5) is 24.3. The van der Waals surface area contributed by atoms with E-state index in [4.69, 9.17) is 0 Å². The summed E-state index contributed by atoms with van der Waals surface area (Å²) in [7, 11) is 0. The van der Waals surface area contributed by atoms with Gasteiger partial charge in [-0.1, -0.05) is 60.3 Å².